The molecule has 0 atom stereocenters. The monoisotopic (exact) mass is 378 g/mol. The van der Waals surface area contributed by atoms with Crippen LogP contribution in [-0.4, -0.2) is 41.9 Å². The van der Waals surface area contributed by atoms with Crippen LogP contribution in [0.15, 0.2) is 76.2 Å². The third-order valence-corrected chi connectivity index (χ3v) is 4.18. The summed E-state index contributed by atoms with van der Waals surface area (Å²) in [5, 5.41) is 10.1. The van der Waals surface area contributed by atoms with Crippen LogP contribution in [0.3, 0.4) is 0 Å². The van der Waals surface area contributed by atoms with Gasteiger partial charge in [-0.2, -0.15) is 0 Å². The zero-order chi connectivity index (χ0) is 20.1. The van der Waals surface area contributed by atoms with Gasteiger partial charge >= 0.3 is 0 Å². The molecule has 0 aliphatic carbocycles. The number of nitrogens with zero attached hydrogens (tertiary/aromatic N) is 4. The standard InChI is InChI=1S/C21H22N4O3/c1-24(2)19-16(20(26)25-12-8-7-11-18(25)23-19)14-22-17(21(27)28-3)13-15-9-5-4-6-10-15/h4-12,14,27H,13H2,1-3H3/b21-17+,22-14?. The fourth-order valence-corrected chi connectivity index (χ4v) is 2.77. The second-order valence-electron chi connectivity index (χ2n) is 6.35. The number of allylic oxidation sites excluding steroid dienone is 1. The molecule has 0 aliphatic heterocycles. The fourth-order valence-electron chi connectivity index (χ4n) is 2.77. The van der Waals surface area contributed by atoms with Crippen LogP contribution < -0.4 is 10.5 Å². The molecule has 1 N–H and O–H groups in total. The Morgan fingerprint density at radius 3 is 2.61 bits per heavy atom. The molecule has 0 fully saturated rings. The number of aromatic nitrogens is 2. The van der Waals surface area contributed by atoms with Gasteiger partial charge in [-0.15, -0.1) is 0 Å². The van der Waals surface area contributed by atoms with E-state index < -0.39 is 0 Å². The number of benzene rings is 1. The van der Waals surface area contributed by atoms with E-state index in [9.17, 15) is 9.90 Å². The van der Waals surface area contributed by atoms with Crippen LogP contribution in [-0.2, 0) is 11.2 Å². The molecule has 0 bridgehead atoms. The highest BCUT2D eigenvalue weighted by Crippen LogP contribution is 2.16. The van der Waals surface area contributed by atoms with Crippen LogP contribution in [0.25, 0.3) is 5.65 Å². The zero-order valence-electron chi connectivity index (χ0n) is 16.0. The van der Waals surface area contributed by atoms with Crippen molar-refractivity contribution >= 4 is 17.7 Å². The van der Waals surface area contributed by atoms with Gasteiger partial charge in [-0.05, 0) is 17.7 Å². The minimum atomic E-state index is -0.291. The van der Waals surface area contributed by atoms with Crippen molar-refractivity contribution in [3.8, 4) is 0 Å². The Balaban J connectivity index is 2.08. The van der Waals surface area contributed by atoms with Gasteiger partial charge in [0.25, 0.3) is 11.5 Å². The van der Waals surface area contributed by atoms with Crippen molar-refractivity contribution in [3.05, 3.63) is 87.9 Å². The quantitative estimate of drug-likeness (QED) is 0.527. The number of pyridine rings is 1. The molecular weight excluding hydrogens is 356 g/mol. The van der Waals surface area contributed by atoms with Gasteiger partial charge in [0, 0.05) is 32.9 Å². The van der Waals surface area contributed by atoms with Gasteiger partial charge in [0.05, 0.1) is 7.11 Å². The first kappa shape index (κ1) is 19.2. The number of hydrogen-bond donors (Lipinski definition) is 1. The number of fused-ring (bicyclic) bond motifs is 1. The number of hydrogen-bond acceptors (Lipinski definition) is 6. The van der Waals surface area contributed by atoms with Crippen LogP contribution in [0.1, 0.15) is 11.1 Å². The maximum absolute atomic E-state index is 13.0. The number of rotatable bonds is 6. The molecule has 28 heavy (non-hydrogen) atoms. The topological polar surface area (TPSA) is 79.4 Å². The maximum Gasteiger partial charge on any atom is 0.299 e. The SMILES string of the molecule is CO/C(O)=C(\Cc1ccccc1)N=Cc1c(N(C)C)nc2ccccn2c1=O. The van der Waals surface area contributed by atoms with Crippen LogP contribution >= 0.6 is 0 Å². The van der Waals surface area contributed by atoms with Gasteiger partial charge in [-0.1, -0.05) is 36.4 Å². The molecule has 7 heteroatoms. The Kier molecular flexibility index (Phi) is 5.74. The molecule has 0 saturated heterocycles. The van der Waals surface area contributed by atoms with Crippen molar-refractivity contribution < 1.29 is 9.84 Å². The normalized spacial score (nSPS) is 12.2. The Bertz CT molecular complexity index is 1090. The third-order valence-electron chi connectivity index (χ3n) is 4.18. The minimum Gasteiger partial charge on any atom is -0.480 e. The van der Waals surface area contributed by atoms with E-state index in [0.717, 1.165) is 5.56 Å². The molecule has 144 valence electrons. The summed E-state index contributed by atoms with van der Waals surface area (Å²) >= 11 is 0. The number of ether oxygens (including phenoxy) is 1. The Labute approximate surface area is 162 Å². The second-order valence-corrected chi connectivity index (χ2v) is 6.35. The molecule has 2 aromatic heterocycles. The van der Waals surface area contributed by atoms with E-state index in [4.69, 9.17) is 4.74 Å². The molecule has 7 nitrogen and oxygen atoms in total. The lowest BCUT2D eigenvalue weighted by Crippen LogP contribution is -2.25. The summed E-state index contributed by atoms with van der Waals surface area (Å²) in [6, 6.07) is 14.9. The summed E-state index contributed by atoms with van der Waals surface area (Å²) in [7, 11) is 4.99. The highest BCUT2D eigenvalue weighted by molar-refractivity contribution is 5.87. The predicted octanol–water partition coefficient (Wildman–Crippen LogP) is 2.80. The van der Waals surface area contributed by atoms with Crippen molar-refractivity contribution in [3.63, 3.8) is 0 Å². The molecule has 3 rings (SSSR count). The smallest absolute Gasteiger partial charge is 0.299 e. The van der Waals surface area contributed by atoms with Crippen LogP contribution in [0, 0.1) is 0 Å². The number of aliphatic hydroxyl groups excluding tert-OH is 1. The Morgan fingerprint density at radius 2 is 1.93 bits per heavy atom. The van der Waals surface area contributed by atoms with Gasteiger partial charge in [0.1, 0.15) is 22.7 Å². The van der Waals surface area contributed by atoms with Crippen LogP contribution in [0.4, 0.5) is 5.82 Å². The van der Waals surface area contributed by atoms with E-state index in [1.165, 1.54) is 17.7 Å². The van der Waals surface area contributed by atoms with E-state index in [1.807, 2.05) is 50.5 Å². The van der Waals surface area contributed by atoms with Crippen molar-refractivity contribution in [1.82, 2.24) is 9.38 Å². The van der Waals surface area contributed by atoms with Crippen LogP contribution in [0.2, 0.25) is 0 Å². The molecule has 1 aromatic carbocycles. The largest absolute Gasteiger partial charge is 0.480 e. The van der Waals surface area contributed by atoms with E-state index >= 15 is 0 Å². The molecule has 3 aromatic rings. The summed E-state index contributed by atoms with van der Waals surface area (Å²) in [4.78, 5) is 23.6. The van der Waals surface area contributed by atoms with Crippen molar-refractivity contribution in [1.29, 1.82) is 0 Å². The van der Waals surface area contributed by atoms with E-state index in [-0.39, 0.29) is 11.5 Å². The first-order chi connectivity index (χ1) is 13.5. The molecule has 2 heterocycles. The average molecular weight is 378 g/mol. The molecule has 0 spiro atoms. The second kappa shape index (κ2) is 8.39. The molecule has 0 amide bonds. The average Bonchev–Trinajstić information content (AvgIpc) is 2.72. The van der Waals surface area contributed by atoms with Gasteiger partial charge < -0.3 is 14.7 Å². The number of methoxy groups -OCH3 is 1. The van der Waals surface area contributed by atoms with Crippen molar-refractivity contribution in [2.45, 2.75) is 6.42 Å². The van der Waals surface area contributed by atoms with Crippen LogP contribution in [0.5, 0.6) is 0 Å². The highest BCUT2D eigenvalue weighted by atomic mass is 16.6. The summed E-state index contributed by atoms with van der Waals surface area (Å²) in [6.07, 6.45) is 3.45. The highest BCUT2D eigenvalue weighted by Gasteiger charge is 2.14. The van der Waals surface area contributed by atoms with Gasteiger partial charge in [-0.3, -0.25) is 14.2 Å². The molecule has 0 saturated carbocycles. The lowest BCUT2D eigenvalue weighted by atomic mass is 10.1. The van der Waals surface area contributed by atoms with E-state index in [2.05, 4.69) is 9.98 Å². The maximum atomic E-state index is 13.0. The van der Waals surface area contributed by atoms with Gasteiger partial charge in [0.2, 0.25) is 0 Å². The summed E-state index contributed by atoms with van der Waals surface area (Å²) in [6.45, 7) is 0. The summed E-state index contributed by atoms with van der Waals surface area (Å²) in [5.41, 5.74) is 1.90. The van der Waals surface area contributed by atoms with Gasteiger partial charge in [0.15, 0.2) is 0 Å². The third kappa shape index (κ3) is 4.03. The Morgan fingerprint density at radius 1 is 1.21 bits per heavy atom. The number of anilines is 1. The molecular formula is C21H22N4O3. The summed E-state index contributed by atoms with van der Waals surface area (Å²) < 4.78 is 6.43. The fraction of sp³-hybridized carbons (Fsp3) is 0.190. The summed E-state index contributed by atoms with van der Waals surface area (Å²) in [5.74, 6) is 0.205. The first-order valence-electron chi connectivity index (χ1n) is 8.74. The van der Waals surface area contributed by atoms with E-state index in [1.54, 1.807) is 23.2 Å². The molecule has 0 unspecified atom stereocenters. The number of aliphatic hydroxyl groups is 1. The Hall–Kier alpha value is -3.61. The van der Waals surface area contributed by atoms with E-state index in [0.29, 0.717) is 29.1 Å². The van der Waals surface area contributed by atoms with Crippen molar-refractivity contribution in [2.75, 3.05) is 26.1 Å². The van der Waals surface area contributed by atoms with Crippen molar-refractivity contribution in [2.24, 2.45) is 4.99 Å². The number of aliphatic imine (C=N–C) groups is 1. The predicted molar refractivity (Wildman–Crippen MR) is 110 cm³/mol. The minimum absolute atomic E-state index is 0.242. The zero-order valence-corrected chi connectivity index (χ0v) is 16.0. The lowest BCUT2D eigenvalue weighted by molar-refractivity contribution is 0.130. The van der Waals surface area contributed by atoms with Gasteiger partial charge in [-0.25, -0.2) is 4.98 Å². The molecule has 0 aliphatic rings. The first-order valence-corrected chi connectivity index (χ1v) is 8.74. The lowest BCUT2D eigenvalue weighted by Gasteiger charge is -2.15. The molecule has 0 radical (unpaired) electrons.